The normalized spacial score (nSPS) is 13.1. The molecule has 0 aliphatic carbocycles. The number of thiazole rings is 1. The van der Waals surface area contributed by atoms with Crippen molar-refractivity contribution in [2.45, 2.75) is 18.9 Å². The summed E-state index contributed by atoms with van der Waals surface area (Å²) in [5, 5.41) is 10.2. The predicted molar refractivity (Wildman–Crippen MR) is 59.1 cm³/mol. The fourth-order valence-corrected chi connectivity index (χ4v) is 2.18. The molecule has 0 saturated carbocycles. The van der Waals surface area contributed by atoms with E-state index in [2.05, 4.69) is 11.2 Å². The number of rotatable bonds is 5. The third kappa shape index (κ3) is 3.54. The van der Waals surface area contributed by atoms with Crippen LogP contribution in [0.1, 0.15) is 23.8 Å². The van der Waals surface area contributed by atoms with Crippen molar-refractivity contribution in [1.82, 2.24) is 4.98 Å². The van der Waals surface area contributed by atoms with Gasteiger partial charge >= 0.3 is 0 Å². The molecular formula is C8H14N2OS2. The zero-order valence-electron chi connectivity index (χ0n) is 7.56. The molecule has 0 amide bonds. The minimum absolute atomic E-state index is 0.387. The maximum absolute atomic E-state index is 9.67. The summed E-state index contributed by atoms with van der Waals surface area (Å²) in [6.07, 6.45) is 5.16. The van der Waals surface area contributed by atoms with E-state index in [1.807, 2.05) is 0 Å². The maximum atomic E-state index is 9.67. The fourth-order valence-electron chi connectivity index (χ4n) is 1.02. The highest BCUT2D eigenvalue weighted by Gasteiger charge is 2.09. The van der Waals surface area contributed by atoms with Crippen molar-refractivity contribution in [3.8, 4) is 0 Å². The van der Waals surface area contributed by atoms with E-state index < -0.39 is 0 Å². The Morgan fingerprint density at radius 3 is 3.08 bits per heavy atom. The number of nitrogens with zero attached hydrogens (tertiary/aromatic N) is 1. The Hall–Kier alpha value is -0.260. The molecule has 0 saturated heterocycles. The highest BCUT2D eigenvalue weighted by atomic mass is 32.2. The van der Waals surface area contributed by atoms with Crippen molar-refractivity contribution < 1.29 is 5.11 Å². The van der Waals surface area contributed by atoms with E-state index >= 15 is 0 Å². The van der Waals surface area contributed by atoms with Crippen LogP contribution in [0.2, 0.25) is 0 Å². The number of hydrogen-bond acceptors (Lipinski definition) is 5. The van der Waals surface area contributed by atoms with Crippen LogP contribution in [0.25, 0.3) is 0 Å². The summed E-state index contributed by atoms with van der Waals surface area (Å²) in [6, 6.07) is 0. The summed E-state index contributed by atoms with van der Waals surface area (Å²) in [5.74, 6) is 1.09. The van der Waals surface area contributed by atoms with E-state index in [0.29, 0.717) is 5.13 Å². The molecule has 0 aliphatic rings. The second-order valence-corrected chi connectivity index (χ2v) is 4.83. The van der Waals surface area contributed by atoms with Crippen LogP contribution in [0.15, 0.2) is 6.20 Å². The van der Waals surface area contributed by atoms with Crippen molar-refractivity contribution in [2.24, 2.45) is 0 Å². The van der Waals surface area contributed by atoms with Gasteiger partial charge in [-0.1, -0.05) is 11.3 Å². The van der Waals surface area contributed by atoms with Gasteiger partial charge in [0.05, 0.1) is 11.0 Å². The van der Waals surface area contributed by atoms with Gasteiger partial charge in [0.15, 0.2) is 5.13 Å². The zero-order chi connectivity index (χ0) is 9.68. The SMILES string of the molecule is CSCCCC(O)c1cnc(N)s1. The number of anilines is 1. The number of thioether (sulfide) groups is 1. The molecule has 0 spiro atoms. The summed E-state index contributed by atoms with van der Waals surface area (Å²) in [7, 11) is 0. The van der Waals surface area contributed by atoms with E-state index in [1.54, 1.807) is 18.0 Å². The second-order valence-electron chi connectivity index (χ2n) is 2.75. The lowest BCUT2D eigenvalue weighted by atomic mass is 10.2. The monoisotopic (exact) mass is 218 g/mol. The Morgan fingerprint density at radius 1 is 1.77 bits per heavy atom. The molecule has 1 heterocycles. The second kappa shape index (κ2) is 5.47. The average Bonchev–Trinajstić information content (AvgIpc) is 2.52. The predicted octanol–water partition coefficient (Wildman–Crippen LogP) is 1.90. The van der Waals surface area contributed by atoms with Crippen LogP contribution in [0.4, 0.5) is 5.13 Å². The Labute approximate surface area is 86.4 Å². The highest BCUT2D eigenvalue weighted by molar-refractivity contribution is 7.98. The first-order valence-corrected chi connectivity index (χ1v) is 6.33. The molecular weight excluding hydrogens is 204 g/mol. The van der Waals surface area contributed by atoms with Gasteiger partial charge in [0.1, 0.15) is 0 Å². The van der Waals surface area contributed by atoms with E-state index in [0.717, 1.165) is 23.5 Å². The van der Waals surface area contributed by atoms with Crippen molar-refractivity contribution in [3.05, 3.63) is 11.1 Å². The van der Waals surface area contributed by atoms with Gasteiger partial charge in [-0.2, -0.15) is 11.8 Å². The first kappa shape index (κ1) is 10.8. The molecule has 3 N–H and O–H groups in total. The van der Waals surface area contributed by atoms with E-state index in [1.165, 1.54) is 11.3 Å². The van der Waals surface area contributed by atoms with Crippen LogP contribution in [0.5, 0.6) is 0 Å². The topological polar surface area (TPSA) is 59.1 Å². The number of aromatic nitrogens is 1. The van der Waals surface area contributed by atoms with Crippen molar-refractivity contribution in [1.29, 1.82) is 0 Å². The molecule has 1 aromatic heterocycles. The van der Waals surface area contributed by atoms with Crippen LogP contribution < -0.4 is 5.73 Å². The zero-order valence-corrected chi connectivity index (χ0v) is 9.20. The first-order chi connectivity index (χ1) is 6.24. The van der Waals surface area contributed by atoms with E-state index in [4.69, 9.17) is 5.73 Å². The number of nitrogens with two attached hydrogens (primary N) is 1. The summed E-state index contributed by atoms with van der Waals surface area (Å²) in [4.78, 5) is 4.77. The van der Waals surface area contributed by atoms with Gasteiger partial charge < -0.3 is 10.8 Å². The van der Waals surface area contributed by atoms with Gasteiger partial charge in [-0.3, -0.25) is 0 Å². The van der Waals surface area contributed by atoms with Gasteiger partial charge in [0.2, 0.25) is 0 Å². The van der Waals surface area contributed by atoms with Crippen LogP contribution in [0, 0.1) is 0 Å². The molecule has 0 aromatic carbocycles. The minimum Gasteiger partial charge on any atom is -0.388 e. The van der Waals surface area contributed by atoms with Crippen LogP contribution in [-0.4, -0.2) is 22.1 Å². The number of aliphatic hydroxyl groups is 1. The summed E-state index contributed by atoms with van der Waals surface area (Å²) in [5.41, 5.74) is 5.46. The van der Waals surface area contributed by atoms with E-state index in [9.17, 15) is 5.11 Å². The molecule has 0 aliphatic heterocycles. The highest BCUT2D eigenvalue weighted by Crippen LogP contribution is 2.25. The summed E-state index contributed by atoms with van der Waals surface area (Å²) >= 11 is 3.16. The molecule has 1 unspecified atom stereocenters. The number of nitrogen functional groups attached to an aromatic ring is 1. The molecule has 74 valence electrons. The van der Waals surface area contributed by atoms with Crippen molar-refractivity contribution >= 4 is 28.2 Å². The molecule has 3 nitrogen and oxygen atoms in total. The summed E-state index contributed by atoms with van der Waals surface area (Å²) < 4.78 is 0. The largest absolute Gasteiger partial charge is 0.388 e. The van der Waals surface area contributed by atoms with Gasteiger partial charge in [-0.25, -0.2) is 4.98 Å². The Balaban J connectivity index is 2.35. The van der Waals surface area contributed by atoms with Gasteiger partial charge in [-0.15, -0.1) is 0 Å². The van der Waals surface area contributed by atoms with Crippen molar-refractivity contribution in [2.75, 3.05) is 17.7 Å². The molecule has 1 atom stereocenters. The Bertz CT molecular complexity index is 252. The lowest BCUT2D eigenvalue weighted by Gasteiger charge is -2.05. The van der Waals surface area contributed by atoms with Gasteiger partial charge in [0.25, 0.3) is 0 Å². The van der Waals surface area contributed by atoms with Gasteiger partial charge in [-0.05, 0) is 24.9 Å². The lowest BCUT2D eigenvalue weighted by molar-refractivity contribution is 0.170. The first-order valence-electron chi connectivity index (χ1n) is 4.12. The Kier molecular flexibility index (Phi) is 4.55. The molecule has 5 heteroatoms. The smallest absolute Gasteiger partial charge is 0.180 e. The molecule has 13 heavy (non-hydrogen) atoms. The molecule has 0 radical (unpaired) electrons. The third-order valence-electron chi connectivity index (χ3n) is 1.70. The van der Waals surface area contributed by atoms with Crippen LogP contribution in [-0.2, 0) is 0 Å². The van der Waals surface area contributed by atoms with Crippen molar-refractivity contribution in [3.63, 3.8) is 0 Å². The molecule has 1 aromatic rings. The van der Waals surface area contributed by atoms with Crippen LogP contribution in [0.3, 0.4) is 0 Å². The van der Waals surface area contributed by atoms with Crippen LogP contribution >= 0.6 is 23.1 Å². The number of aliphatic hydroxyl groups excluding tert-OH is 1. The molecule has 0 fully saturated rings. The standard InChI is InChI=1S/C8H14N2OS2/c1-12-4-2-3-6(11)7-5-10-8(9)13-7/h5-6,11H,2-4H2,1H3,(H2,9,10). The maximum Gasteiger partial charge on any atom is 0.180 e. The molecule has 0 bridgehead atoms. The average molecular weight is 218 g/mol. The number of hydrogen-bond donors (Lipinski definition) is 2. The minimum atomic E-state index is -0.387. The third-order valence-corrected chi connectivity index (χ3v) is 3.32. The Morgan fingerprint density at radius 2 is 2.54 bits per heavy atom. The molecule has 1 rings (SSSR count). The van der Waals surface area contributed by atoms with Gasteiger partial charge in [0, 0.05) is 6.20 Å². The quantitative estimate of drug-likeness (QED) is 0.741. The summed E-state index contributed by atoms with van der Waals surface area (Å²) in [6.45, 7) is 0. The lowest BCUT2D eigenvalue weighted by Crippen LogP contribution is -1.95. The van der Waals surface area contributed by atoms with E-state index in [-0.39, 0.29) is 6.10 Å². The fraction of sp³-hybridized carbons (Fsp3) is 0.625.